The molecule has 0 saturated carbocycles. The number of aliphatic carboxylic acids is 1. The van der Waals surface area contributed by atoms with E-state index in [1.165, 1.54) is 17.5 Å². The number of likely N-dealkylation sites (tertiary alicyclic amines) is 1. The minimum Gasteiger partial charge on any atom is -0.481 e. The third-order valence-electron chi connectivity index (χ3n) is 4.47. The predicted molar refractivity (Wildman–Crippen MR) is 88.3 cm³/mol. The van der Waals surface area contributed by atoms with Crippen LogP contribution in [0.3, 0.4) is 0 Å². The largest absolute Gasteiger partial charge is 0.481 e. The molecule has 1 N–H and O–H groups in total. The van der Waals surface area contributed by atoms with Crippen LogP contribution in [-0.2, 0) is 11.3 Å². The molecule has 1 aromatic carbocycles. The molecule has 0 spiro atoms. The number of halogens is 1. The van der Waals surface area contributed by atoms with E-state index in [4.69, 9.17) is 5.11 Å². The molecule has 1 aromatic rings. The SMILES string of the molecule is Cc1cc(CN2CCCC(C(C)CC(=O)O)C2)ccc1Br. The van der Waals surface area contributed by atoms with E-state index in [9.17, 15) is 4.79 Å². The normalized spacial score (nSPS) is 21.2. The van der Waals surface area contributed by atoms with Crippen molar-refractivity contribution in [1.82, 2.24) is 4.90 Å². The Morgan fingerprint density at radius 3 is 2.95 bits per heavy atom. The van der Waals surface area contributed by atoms with Gasteiger partial charge in [0, 0.05) is 24.0 Å². The molecule has 116 valence electrons. The third-order valence-corrected chi connectivity index (χ3v) is 5.36. The molecule has 0 radical (unpaired) electrons. The Hall–Kier alpha value is -0.870. The summed E-state index contributed by atoms with van der Waals surface area (Å²) in [6.45, 7) is 7.28. The van der Waals surface area contributed by atoms with Crippen LogP contribution in [0.15, 0.2) is 22.7 Å². The predicted octanol–water partition coefficient (Wildman–Crippen LogP) is 4.08. The van der Waals surface area contributed by atoms with Gasteiger partial charge in [0.2, 0.25) is 0 Å². The monoisotopic (exact) mass is 353 g/mol. The zero-order valence-electron chi connectivity index (χ0n) is 12.8. The molecule has 1 saturated heterocycles. The van der Waals surface area contributed by atoms with E-state index >= 15 is 0 Å². The number of hydrogen-bond acceptors (Lipinski definition) is 2. The van der Waals surface area contributed by atoms with Crippen molar-refractivity contribution < 1.29 is 9.90 Å². The van der Waals surface area contributed by atoms with Crippen LogP contribution < -0.4 is 0 Å². The molecular weight excluding hydrogens is 330 g/mol. The molecule has 1 aliphatic heterocycles. The Morgan fingerprint density at radius 1 is 1.52 bits per heavy atom. The number of hydrogen-bond donors (Lipinski definition) is 1. The van der Waals surface area contributed by atoms with Crippen LogP contribution in [0.25, 0.3) is 0 Å². The summed E-state index contributed by atoms with van der Waals surface area (Å²) >= 11 is 3.54. The lowest BCUT2D eigenvalue weighted by Gasteiger charge is -2.35. The lowest BCUT2D eigenvalue weighted by Crippen LogP contribution is -2.37. The number of aryl methyl sites for hydroxylation is 1. The van der Waals surface area contributed by atoms with Crippen molar-refractivity contribution >= 4 is 21.9 Å². The summed E-state index contributed by atoms with van der Waals surface area (Å²) in [5, 5.41) is 8.95. The first-order valence-electron chi connectivity index (χ1n) is 7.65. The number of benzene rings is 1. The first-order valence-corrected chi connectivity index (χ1v) is 8.44. The summed E-state index contributed by atoms with van der Waals surface area (Å²) in [6, 6.07) is 6.51. The Bertz CT molecular complexity index is 504. The van der Waals surface area contributed by atoms with E-state index in [-0.39, 0.29) is 12.3 Å². The van der Waals surface area contributed by atoms with Crippen molar-refractivity contribution in [1.29, 1.82) is 0 Å². The number of rotatable bonds is 5. The fourth-order valence-electron chi connectivity index (χ4n) is 3.20. The number of carboxylic acids is 1. The van der Waals surface area contributed by atoms with Crippen LogP contribution in [0, 0.1) is 18.8 Å². The van der Waals surface area contributed by atoms with Gasteiger partial charge < -0.3 is 5.11 Å². The number of piperidine rings is 1. The first-order chi connectivity index (χ1) is 9.95. The highest BCUT2D eigenvalue weighted by Gasteiger charge is 2.25. The van der Waals surface area contributed by atoms with Gasteiger partial charge in [0.05, 0.1) is 0 Å². The minimum absolute atomic E-state index is 0.261. The molecule has 0 bridgehead atoms. The molecule has 4 heteroatoms. The Labute approximate surface area is 135 Å². The average Bonchev–Trinajstić information content (AvgIpc) is 2.42. The second-order valence-electron chi connectivity index (χ2n) is 6.30. The minimum atomic E-state index is -0.678. The average molecular weight is 354 g/mol. The fourth-order valence-corrected chi connectivity index (χ4v) is 3.45. The van der Waals surface area contributed by atoms with E-state index < -0.39 is 5.97 Å². The maximum absolute atomic E-state index is 10.9. The van der Waals surface area contributed by atoms with Crippen LogP contribution in [0.4, 0.5) is 0 Å². The number of nitrogens with zero attached hydrogens (tertiary/aromatic N) is 1. The van der Waals surface area contributed by atoms with Crippen molar-refractivity contribution in [2.75, 3.05) is 13.1 Å². The third kappa shape index (κ3) is 4.82. The summed E-state index contributed by atoms with van der Waals surface area (Å²) in [5.74, 6) is 0.0894. The number of carboxylic acid groups (broad SMARTS) is 1. The van der Waals surface area contributed by atoms with E-state index in [1.807, 2.05) is 0 Å². The van der Waals surface area contributed by atoms with Crippen molar-refractivity contribution in [3.05, 3.63) is 33.8 Å². The second-order valence-corrected chi connectivity index (χ2v) is 7.15. The van der Waals surface area contributed by atoms with Crippen molar-refractivity contribution in [2.45, 2.75) is 39.7 Å². The Balaban J connectivity index is 1.94. The van der Waals surface area contributed by atoms with Crippen molar-refractivity contribution in [2.24, 2.45) is 11.8 Å². The van der Waals surface area contributed by atoms with Gasteiger partial charge in [0.1, 0.15) is 0 Å². The summed E-state index contributed by atoms with van der Waals surface area (Å²) in [5.41, 5.74) is 2.60. The standard InChI is InChI=1S/C17H24BrNO2/c1-12(9-17(20)21)15-4-3-7-19(11-15)10-14-5-6-16(18)13(2)8-14/h5-6,8,12,15H,3-4,7,9-11H2,1-2H3,(H,20,21). The highest BCUT2D eigenvalue weighted by molar-refractivity contribution is 9.10. The molecule has 0 aromatic heterocycles. The van der Waals surface area contributed by atoms with E-state index in [0.29, 0.717) is 5.92 Å². The lowest BCUT2D eigenvalue weighted by molar-refractivity contribution is -0.138. The van der Waals surface area contributed by atoms with Gasteiger partial charge in [-0.05, 0) is 55.3 Å². The highest BCUT2D eigenvalue weighted by atomic mass is 79.9. The molecule has 1 heterocycles. The highest BCUT2D eigenvalue weighted by Crippen LogP contribution is 2.27. The molecule has 2 atom stereocenters. The fraction of sp³-hybridized carbons (Fsp3) is 0.588. The summed E-state index contributed by atoms with van der Waals surface area (Å²) in [6.07, 6.45) is 2.62. The van der Waals surface area contributed by atoms with Gasteiger partial charge in [-0.3, -0.25) is 9.69 Å². The van der Waals surface area contributed by atoms with Gasteiger partial charge in [-0.2, -0.15) is 0 Å². The maximum Gasteiger partial charge on any atom is 0.303 e. The topological polar surface area (TPSA) is 40.5 Å². The molecule has 3 nitrogen and oxygen atoms in total. The molecule has 2 rings (SSSR count). The maximum atomic E-state index is 10.9. The quantitative estimate of drug-likeness (QED) is 0.866. The smallest absolute Gasteiger partial charge is 0.303 e. The molecule has 21 heavy (non-hydrogen) atoms. The molecule has 0 aliphatic carbocycles. The van der Waals surface area contributed by atoms with Gasteiger partial charge in [0.25, 0.3) is 0 Å². The Morgan fingerprint density at radius 2 is 2.29 bits per heavy atom. The van der Waals surface area contributed by atoms with Crippen molar-refractivity contribution in [3.8, 4) is 0 Å². The Kier molecular flexibility index (Phi) is 5.82. The molecular formula is C17H24BrNO2. The van der Waals surface area contributed by atoms with E-state index in [0.717, 1.165) is 30.5 Å². The molecule has 2 unspecified atom stereocenters. The van der Waals surface area contributed by atoms with Gasteiger partial charge in [-0.25, -0.2) is 0 Å². The molecule has 1 fully saturated rings. The van der Waals surface area contributed by atoms with E-state index in [1.54, 1.807) is 0 Å². The van der Waals surface area contributed by atoms with Crippen LogP contribution >= 0.6 is 15.9 Å². The van der Waals surface area contributed by atoms with Gasteiger partial charge >= 0.3 is 5.97 Å². The van der Waals surface area contributed by atoms with E-state index in [2.05, 4.69) is 52.9 Å². The van der Waals surface area contributed by atoms with Gasteiger partial charge in [-0.15, -0.1) is 0 Å². The van der Waals surface area contributed by atoms with Gasteiger partial charge in [0.15, 0.2) is 0 Å². The van der Waals surface area contributed by atoms with Crippen LogP contribution in [0.1, 0.15) is 37.3 Å². The first kappa shape index (κ1) is 16.5. The van der Waals surface area contributed by atoms with Crippen molar-refractivity contribution in [3.63, 3.8) is 0 Å². The van der Waals surface area contributed by atoms with Crippen LogP contribution in [0.5, 0.6) is 0 Å². The second kappa shape index (κ2) is 7.41. The number of carbonyl (C=O) groups is 1. The van der Waals surface area contributed by atoms with Gasteiger partial charge in [-0.1, -0.05) is 35.0 Å². The molecule has 0 amide bonds. The molecule has 1 aliphatic rings. The lowest BCUT2D eigenvalue weighted by atomic mass is 9.84. The zero-order chi connectivity index (χ0) is 15.4. The zero-order valence-corrected chi connectivity index (χ0v) is 14.4. The summed E-state index contributed by atoms with van der Waals surface area (Å²) in [7, 11) is 0. The summed E-state index contributed by atoms with van der Waals surface area (Å²) < 4.78 is 1.15. The summed E-state index contributed by atoms with van der Waals surface area (Å²) in [4.78, 5) is 13.3. The van der Waals surface area contributed by atoms with Crippen LogP contribution in [0.2, 0.25) is 0 Å². The van der Waals surface area contributed by atoms with Crippen LogP contribution in [-0.4, -0.2) is 29.1 Å².